The smallest absolute Gasteiger partial charge is 0.276 e. The van der Waals surface area contributed by atoms with Gasteiger partial charge in [0.25, 0.3) is 0 Å². The molecule has 4 nitrogen and oxygen atoms in total. The van der Waals surface area contributed by atoms with E-state index in [-0.39, 0.29) is 5.84 Å². The molecule has 0 saturated heterocycles. The van der Waals surface area contributed by atoms with Crippen LogP contribution in [0, 0.1) is 0 Å². The fourth-order valence-corrected chi connectivity index (χ4v) is 1.53. The lowest BCUT2D eigenvalue weighted by Crippen LogP contribution is -2.53. The van der Waals surface area contributed by atoms with Crippen LogP contribution in [0.15, 0.2) is 29.4 Å². The minimum Gasteiger partial charge on any atom is -0.276 e. The first kappa shape index (κ1) is 12.0. The van der Waals surface area contributed by atoms with Crippen LogP contribution in [0.2, 0.25) is 5.02 Å². The van der Waals surface area contributed by atoms with Crippen molar-refractivity contribution in [2.45, 2.75) is 12.3 Å². The van der Waals surface area contributed by atoms with Crippen molar-refractivity contribution in [1.29, 1.82) is 0 Å². The zero-order valence-corrected chi connectivity index (χ0v) is 9.13. The van der Waals surface area contributed by atoms with Crippen molar-refractivity contribution < 1.29 is 13.2 Å². The predicted octanol–water partition coefficient (Wildman–Crippen LogP) is 1.67. The van der Waals surface area contributed by atoms with Gasteiger partial charge in [0.05, 0.1) is 0 Å². The molecular weight excluding hydrogens is 257 g/mol. The van der Waals surface area contributed by atoms with Crippen molar-refractivity contribution in [3.05, 3.63) is 34.9 Å². The molecule has 17 heavy (non-hydrogen) atoms. The van der Waals surface area contributed by atoms with Crippen LogP contribution >= 0.6 is 11.6 Å². The number of amidine groups is 1. The van der Waals surface area contributed by atoms with Crippen LogP contribution in [0.3, 0.4) is 0 Å². The summed E-state index contributed by atoms with van der Waals surface area (Å²) in [6.45, 7) is 0. The Morgan fingerprint density at radius 2 is 1.88 bits per heavy atom. The molecule has 1 unspecified atom stereocenters. The highest BCUT2D eigenvalue weighted by molar-refractivity contribution is 6.30. The first-order valence-corrected chi connectivity index (χ1v) is 4.97. The van der Waals surface area contributed by atoms with Gasteiger partial charge in [-0.15, -0.1) is 0 Å². The molecule has 3 N–H and O–H groups in total. The van der Waals surface area contributed by atoms with Gasteiger partial charge < -0.3 is 0 Å². The van der Waals surface area contributed by atoms with Crippen molar-refractivity contribution in [2.75, 3.05) is 0 Å². The number of hydrogen-bond donors (Lipinski definition) is 2. The van der Waals surface area contributed by atoms with E-state index in [0.717, 1.165) is 0 Å². The van der Waals surface area contributed by atoms with Gasteiger partial charge in [-0.2, -0.15) is 18.3 Å². The van der Waals surface area contributed by atoms with Gasteiger partial charge in [0.2, 0.25) is 6.17 Å². The van der Waals surface area contributed by atoms with Gasteiger partial charge >= 0.3 is 6.18 Å². The van der Waals surface area contributed by atoms with Gasteiger partial charge in [0.1, 0.15) is 0 Å². The lowest BCUT2D eigenvalue weighted by molar-refractivity contribution is -0.178. The molecule has 1 atom stereocenters. The summed E-state index contributed by atoms with van der Waals surface area (Å²) in [6, 6.07) is 6.19. The summed E-state index contributed by atoms with van der Waals surface area (Å²) in [7, 11) is 0. The first-order chi connectivity index (χ1) is 7.89. The van der Waals surface area contributed by atoms with Gasteiger partial charge in [0, 0.05) is 10.6 Å². The van der Waals surface area contributed by atoms with Gasteiger partial charge in [-0.3, -0.25) is 10.4 Å². The molecule has 1 heterocycles. The Hall–Kier alpha value is -1.47. The zero-order valence-electron chi connectivity index (χ0n) is 8.37. The number of nitrogens with two attached hydrogens (primary N) is 1. The van der Waals surface area contributed by atoms with E-state index >= 15 is 0 Å². The van der Waals surface area contributed by atoms with Crippen molar-refractivity contribution in [2.24, 2.45) is 10.9 Å². The molecule has 2 rings (SSSR count). The molecule has 1 aromatic rings. The molecule has 0 radical (unpaired) electrons. The second kappa shape index (κ2) is 4.08. The topological polar surface area (TPSA) is 53.6 Å². The van der Waals surface area contributed by atoms with E-state index < -0.39 is 12.3 Å². The van der Waals surface area contributed by atoms with Crippen LogP contribution < -0.4 is 11.3 Å². The fraction of sp³-hybridized carbons (Fsp3) is 0.222. The molecule has 1 aromatic carbocycles. The van der Waals surface area contributed by atoms with Crippen LogP contribution in [0.25, 0.3) is 0 Å². The minimum atomic E-state index is -4.49. The van der Waals surface area contributed by atoms with Gasteiger partial charge in [-0.25, -0.2) is 5.84 Å². The minimum absolute atomic E-state index is 0.0176. The lowest BCUT2D eigenvalue weighted by Gasteiger charge is -2.23. The number of hydrazone groups is 1. The lowest BCUT2D eigenvalue weighted by atomic mass is 10.2. The summed E-state index contributed by atoms with van der Waals surface area (Å²) < 4.78 is 37.5. The van der Waals surface area contributed by atoms with E-state index in [2.05, 4.69) is 5.10 Å². The predicted molar refractivity (Wildman–Crippen MR) is 57.0 cm³/mol. The molecule has 8 heteroatoms. The Kier molecular flexibility index (Phi) is 2.88. The number of nitrogens with one attached hydrogen (secondary N) is 1. The molecule has 0 spiro atoms. The Morgan fingerprint density at radius 3 is 2.35 bits per heavy atom. The number of benzene rings is 1. The maximum Gasteiger partial charge on any atom is 0.430 e. The summed E-state index contributed by atoms with van der Waals surface area (Å²) in [5.41, 5.74) is 2.40. The Labute approximate surface area is 99.8 Å². The summed E-state index contributed by atoms with van der Waals surface area (Å²) in [5.74, 6) is 5.38. The maximum atomic E-state index is 12.5. The third kappa shape index (κ3) is 2.29. The molecule has 0 bridgehead atoms. The van der Waals surface area contributed by atoms with Crippen LogP contribution in [-0.2, 0) is 0 Å². The number of rotatable bonds is 1. The molecule has 1 aliphatic rings. The van der Waals surface area contributed by atoms with E-state index in [9.17, 15) is 13.2 Å². The molecule has 0 aliphatic carbocycles. The largest absolute Gasteiger partial charge is 0.430 e. The van der Waals surface area contributed by atoms with Crippen molar-refractivity contribution in [3.8, 4) is 0 Å². The van der Waals surface area contributed by atoms with Gasteiger partial charge in [0.15, 0.2) is 5.84 Å². The second-order valence-electron chi connectivity index (χ2n) is 3.42. The summed E-state index contributed by atoms with van der Waals surface area (Å²) in [6.07, 6.45) is -6.50. The normalized spacial score (nSPS) is 20.2. The van der Waals surface area contributed by atoms with Crippen molar-refractivity contribution in [1.82, 2.24) is 10.4 Å². The standard InChI is InChI=1S/C9H8ClF3N4/c10-6-3-1-5(2-4-6)7-15-16-8(17(7)14)9(11,12)13/h1-4,8,16H,14H2. The molecule has 1 aliphatic heterocycles. The average Bonchev–Trinajstić information content (AvgIpc) is 2.61. The first-order valence-electron chi connectivity index (χ1n) is 4.59. The van der Waals surface area contributed by atoms with Crippen LogP contribution in [0.4, 0.5) is 13.2 Å². The molecule has 0 fully saturated rings. The van der Waals surface area contributed by atoms with E-state index in [1.165, 1.54) is 0 Å². The molecule has 92 valence electrons. The van der Waals surface area contributed by atoms with Crippen LogP contribution in [0.1, 0.15) is 5.56 Å². The highest BCUT2D eigenvalue weighted by atomic mass is 35.5. The number of nitrogens with zero attached hydrogens (tertiary/aromatic N) is 2. The summed E-state index contributed by atoms with van der Waals surface area (Å²) in [4.78, 5) is 0. The maximum absolute atomic E-state index is 12.5. The van der Waals surface area contributed by atoms with E-state index in [1.54, 1.807) is 24.3 Å². The highest BCUT2D eigenvalue weighted by Crippen LogP contribution is 2.25. The summed E-state index contributed by atoms with van der Waals surface area (Å²) in [5, 5.41) is 4.60. The van der Waals surface area contributed by atoms with Crippen molar-refractivity contribution >= 4 is 17.4 Å². The SMILES string of the molecule is NN1C(c2ccc(Cl)cc2)=NNC1C(F)(F)F. The number of hydrazine groups is 1. The number of alkyl halides is 3. The third-order valence-electron chi connectivity index (χ3n) is 2.23. The monoisotopic (exact) mass is 264 g/mol. The third-order valence-corrected chi connectivity index (χ3v) is 2.48. The molecule has 0 aromatic heterocycles. The van der Waals surface area contributed by atoms with Crippen LogP contribution in [0.5, 0.6) is 0 Å². The van der Waals surface area contributed by atoms with E-state index in [4.69, 9.17) is 17.4 Å². The van der Waals surface area contributed by atoms with Gasteiger partial charge in [-0.05, 0) is 24.3 Å². The zero-order chi connectivity index (χ0) is 12.6. The van der Waals surface area contributed by atoms with Crippen LogP contribution in [-0.4, -0.2) is 23.2 Å². The number of halogens is 4. The Balaban J connectivity index is 2.23. The quantitative estimate of drug-likeness (QED) is 0.759. The molecule has 0 saturated carbocycles. The van der Waals surface area contributed by atoms with E-state index in [0.29, 0.717) is 15.6 Å². The Morgan fingerprint density at radius 1 is 1.29 bits per heavy atom. The summed E-state index contributed by atoms with van der Waals surface area (Å²) >= 11 is 5.68. The highest BCUT2D eigenvalue weighted by Gasteiger charge is 2.47. The average molecular weight is 265 g/mol. The second-order valence-corrected chi connectivity index (χ2v) is 3.86. The van der Waals surface area contributed by atoms with Gasteiger partial charge in [-0.1, -0.05) is 11.6 Å². The van der Waals surface area contributed by atoms with Crippen molar-refractivity contribution in [3.63, 3.8) is 0 Å². The Bertz CT molecular complexity index is 443. The molecular formula is C9H8ClF3N4. The molecule has 0 amide bonds. The van der Waals surface area contributed by atoms with E-state index in [1.807, 2.05) is 5.43 Å². The fourth-order valence-electron chi connectivity index (χ4n) is 1.41. The number of hydrogen-bond acceptors (Lipinski definition) is 4.